The second-order valence-electron chi connectivity index (χ2n) is 6.89. The largest absolute Gasteiger partial charge is 0.491 e. The van der Waals surface area contributed by atoms with Gasteiger partial charge >= 0.3 is 13.1 Å². The van der Waals surface area contributed by atoms with Crippen molar-refractivity contribution >= 4 is 19.2 Å². The summed E-state index contributed by atoms with van der Waals surface area (Å²) in [6.07, 6.45) is 1.90. The van der Waals surface area contributed by atoms with E-state index in [0.717, 1.165) is 11.0 Å². The molecule has 2 rings (SSSR count). The number of carboxylic acid groups (broad SMARTS) is 1. The number of hydrogen-bond donors (Lipinski definition) is 2. The van der Waals surface area contributed by atoms with Crippen LogP contribution in [0.1, 0.15) is 49.2 Å². The van der Waals surface area contributed by atoms with E-state index in [2.05, 4.69) is 0 Å². The van der Waals surface area contributed by atoms with Gasteiger partial charge in [-0.05, 0) is 57.3 Å². The molecule has 23 heavy (non-hydrogen) atoms. The van der Waals surface area contributed by atoms with E-state index < -0.39 is 24.3 Å². The molecule has 1 aromatic rings. The molecule has 0 aliphatic carbocycles. The Kier molecular flexibility index (Phi) is 4.71. The molecule has 5 nitrogen and oxygen atoms in total. The van der Waals surface area contributed by atoms with E-state index in [1.807, 2.05) is 39.8 Å². The van der Waals surface area contributed by atoms with E-state index in [1.165, 1.54) is 0 Å². The quantitative estimate of drug-likeness (QED) is 0.834. The van der Waals surface area contributed by atoms with Gasteiger partial charge in [-0.1, -0.05) is 18.2 Å². The van der Waals surface area contributed by atoms with Gasteiger partial charge in [0.1, 0.15) is 0 Å². The first-order valence-corrected chi connectivity index (χ1v) is 7.67. The Balaban J connectivity index is 2.30. The third-order valence-electron chi connectivity index (χ3n) is 4.62. The molecule has 0 amide bonds. The van der Waals surface area contributed by atoms with Crippen molar-refractivity contribution in [1.29, 1.82) is 0 Å². The van der Waals surface area contributed by atoms with Crippen molar-refractivity contribution in [3.63, 3.8) is 0 Å². The van der Waals surface area contributed by atoms with Crippen molar-refractivity contribution in [3.05, 3.63) is 40.4 Å². The van der Waals surface area contributed by atoms with E-state index in [1.54, 1.807) is 19.1 Å². The molecule has 6 heteroatoms. The van der Waals surface area contributed by atoms with E-state index in [0.29, 0.717) is 17.7 Å². The van der Waals surface area contributed by atoms with Gasteiger partial charge in [0.25, 0.3) is 0 Å². The third-order valence-corrected chi connectivity index (χ3v) is 4.62. The van der Waals surface area contributed by atoms with Crippen molar-refractivity contribution in [2.45, 2.75) is 45.8 Å². The highest BCUT2D eigenvalue weighted by molar-refractivity contribution is 6.55. The topological polar surface area (TPSA) is 81.8 Å². The molecule has 1 aromatic carbocycles. The molecule has 0 radical (unpaired) electrons. The van der Waals surface area contributed by atoms with E-state index in [4.69, 9.17) is 20.1 Å². The SMILES string of the molecule is Cc1cc(C=C(CN)B2OC(C)(C)C(C)(C)O2)ccc1C(=O)O. The standard InChI is InChI=1S/C17H24BNO4/c1-11-8-12(6-7-14(11)15(20)21)9-13(10-19)18-22-16(2,3)17(4,5)23-18/h6-9H,10,19H2,1-5H3,(H,20,21). The third kappa shape index (κ3) is 3.49. The molecule has 1 fully saturated rings. The predicted molar refractivity (Wildman–Crippen MR) is 91.3 cm³/mol. The van der Waals surface area contributed by atoms with Crippen LogP contribution in [-0.2, 0) is 9.31 Å². The van der Waals surface area contributed by atoms with E-state index in [-0.39, 0.29) is 0 Å². The van der Waals surface area contributed by atoms with Crippen LogP contribution in [0.2, 0.25) is 0 Å². The number of aryl methyl sites for hydroxylation is 1. The highest BCUT2D eigenvalue weighted by Gasteiger charge is 2.52. The molecule has 1 aliphatic rings. The van der Waals surface area contributed by atoms with Crippen LogP contribution in [0, 0.1) is 6.92 Å². The zero-order chi connectivity index (χ0) is 17.4. The summed E-state index contributed by atoms with van der Waals surface area (Å²) in [5.41, 5.74) is 7.73. The molecule has 1 heterocycles. The van der Waals surface area contributed by atoms with Crippen LogP contribution in [0.25, 0.3) is 6.08 Å². The van der Waals surface area contributed by atoms with Gasteiger partial charge in [0, 0.05) is 6.54 Å². The molecule has 3 N–H and O–H groups in total. The van der Waals surface area contributed by atoms with Crippen LogP contribution in [0.5, 0.6) is 0 Å². The number of carbonyl (C=O) groups is 1. The van der Waals surface area contributed by atoms with Crippen LogP contribution >= 0.6 is 0 Å². The van der Waals surface area contributed by atoms with Crippen molar-refractivity contribution < 1.29 is 19.2 Å². The minimum atomic E-state index is -0.928. The van der Waals surface area contributed by atoms with Gasteiger partial charge < -0.3 is 20.1 Å². The Morgan fingerprint density at radius 2 is 1.83 bits per heavy atom. The van der Waals surface area contributed by atoms with Gasteiger partial charge in [-0.3, -0.25) is 0 Å². The normalized spacial score (nSPS) is 19.9. The molecule has 0 unspecified atom stereocenters. The van der Waals surface area contributed by atoms with Gasteiger partial charge in [0.15, 0.2) is 0 Å². The van der Waals surface area contributed by atoms with Crippen molar-refractivity contribution in [2.75, 3.05) is 6.54 Å². The molecule has 1 aliphatic heterocycles. The highest BCUT2D eigenvalue weighted by Crippen LogP contribution is 2.38. The van der Waals surface area contributed by atoms with Gasteiger partial charge in [0.2, 0.25) is 0 Å². The highest BCUT2D eigenvalue weighted by atomic mass is 16.7. The lowest BCUT2D eigenvalue weighted by atomic mass is 9.77. The maximum atomic E-state index is 11.1. The minimum absolute atomic E-state index is 0.298. The average molecular weight is 317 g/mol. The number of rotatable bonds is 4. The summed E-state index contributed by atoms with van der Waals surface area (Å²) in [6, 6.07) is 5.18. The summed E-state index contributed by atoms with van der Waals surface area (Å²) >= 11 is 0. The second kappa shape index (κ2) is 6.11. The number of carboxylic acids is 1. The van der Waals surface area contributed by atoms with Crippen LogP contribution in [0.4, 0.5) is 0 Å². The van der Waals surface area contributed by atoms with Crippen LogP contribution < -0.4 is 5.73 Å². The summed E-state index contributed by atoms with van der Waals surface area (Å²) in [7, 11) is -0.496. The molecule has 0 spiro atoms. The smallest absolute Gasteiger partial charge is 0.478 e. The maximum Gasteiger partial charge on any atom is 0.491 e. The first-order chi connectivity index (χ1) is 10.6. The fourth-order valence-corrected chi connectivity index (χ4v) is 2.45. The van der Waals surface area contributed by atoms with Gasteiger partial charge in [0.05, 0.1) is 16.8 Å². The van der Waals surface area contributed by atoms with Crippen LogP contribution in [0.15, 0.2) is 23.7 Å². The van der Waals surface area contributed by atoms with E-state index in [9.17, 15) is 4.79 Å². The number of hydrogen-bond acceptors (Lipinski definition) is 4. The minimum Gasteiger partial charge on any atom is -0.478 e. The molecule has 0 bridgehead atoms. The summed E-state index contributed by atoms with van der Waals surface area (Å²) < 4.78 is 12.0. The van der Waals surface area contributed by atoms with Gasteiger partial charge in [-0.25, -0.2) is 4.79 Å². The Hall–Kier alpha value is -1.63. The lowest BCUT2D eigenvalue weighted by Crippen LogP contribution is -2.41. The molecular weight excluding hydrogens is 293 g/mol. The summed E-state index contributed by atoms with van der Waals surface area (Å²) in [4.78, 5) is 11.1. The second-order valence-corrected chi connectivity index (χ2v) is 6.89. The Bertz CT molecular complexity index is 636. The van der Waals surface area contributed by atoms with Crippen molar-refractivity contribution in [2.24, 2.45) is 5.73 Å². The zero-order valence-corrected chi connectivity index (χ0v) is 14.3. The number of aromatic carboxylic acids is 1. The Labute approximate surface area is 137 Å². The van der Waals surface area contributed by atoms with Crippen LogP contribution in [0.3, 0.4) is 0 Å². The molecule has 0 saturated carbocycles. The molecule has 1 saturated heterocycles. The first kappa shape index (κ1) is 17.7. The molecular formula is C17H24BNO4. The van der Waals surface area contributed by atoms with Crippen molar-refractivity contribution in [1.82, 2.24) is 0 Å². The number of nitrogens with two attached hydrogens (primary N) is 1. The van der Waals surface area contributed by atoms with Gasteiger partial charge in [-0.2, -0.15) is 0 Å². The molecule has 124 valence electrons. The Morgan fingerprint density at radius 3 is 2.26 bits per heavy atom. The maximum absolute atomic E-state index is 11.1. The predicted octanol–water partition coefficient (Wildman–Crippen LogP) is 2.67. The zero-order valence-electron chi connectivity index (χ0n) is 14.3. The molecule has 0 atom stereocenters. The van der Waals surface area contributed by atoms with E-state index >= 15 is 0 Å². The first-order valence-electron chi connectivity index (χ1n) is 7.67. The Morgan fingerprint density at radius 1 is 1.26 bits per heavy atom. The number of benzene rings is 1. The summed E-state index contributed by atoms with van der Waals surface area (Å²) in [5, 5.41) is 9.10. The average Bonchev–Trinajstić information content (AvgIpc) is 2.64. The lowest BCUT2D eigenvalue weighted by molar-refractivity contribution is 0.00578. The fraction of sp³-hybridized carbons (Fsp3) is 0.471. The lowest BCUT2D eigenvalue weighted by Gasteiger charge is -2.32. The van der Waals surface area contributed by atoms with Crippen LogP contribution in [-0.4, -0.2) is 35.9 Å². The molecule has 0 aromatic heterocycles. The fourth-order valence-electron chi connectivity index (χ4n) is 2.45. The monoisotopic (exact) mass is 317 g/mol. The van der Waals surface area contributed by atoms with Crippen molar-refractivity contribution in [3.8, 4) is 0 Å². The van der Waals surface area contributed by atoms with Gasteiger partial charge in [-0.15, -0.1) is 0 Å². The summed E-state index contributed by atoms with van der Waals surface area (Å²) in [6.45, 7) is 10.0. The summed E-state index contributed by atoms with van der Waals surface area (Å²) in [5.74, 6) is -0.928.